The summed E-state index contributed by atoms with van der Waals surface area (Å²) in [5.74, 6) is 0. The minimum absolute atomic E-state index is 0.100. The summed E-state index contributed by atoms with van der Waals surface area (Å²) in [5, 5.41) is 8.89. The van der Waals surface area contributed by atoms with Crippen molar-refractivity contribution in [3.63, 3.8) is 0 Å². The van der Waals surface area contributed by atoms with Crippen LogP contribution in [-0.2, 0) is 0 Å². The predicted molar refractivity (Wildman–Crippen MR) is 95.6 cm³/mol. The van der Waals surface area contributed by atoms with E-state index in [9.17, 15) is 0 Å². The van der Waals surface area contributed by atoms with Gasteiger partial charge in [0, 0.05) is 0 Å². The smallest absolute Gasteiger partial charge is 0.115 e. The summed E-state index contributed by atoms with van der Waals surface area (Å²) < 4.78 is 0. The van der Waals surface area contributed by atoms with Crippen molar-refractivity contribution in [2.45, 2.75) is 6.04 Å². The first-order valence-electron chi connectivity index (χ1n) is 7.66. The van der Waals surface area contributed by atoms with E-state index >= 15 is 0 Å². The molecule has 0 aliphatic rings. The van der Waals surface area contributed by atoms with Crippen LogP contribution in [-0.4, -0.2) is 0 Å². The Morgan fingerprint density at radius 1 is 0.652 bits per heavy atom. The van der Waals surface area contributed by atoms with Crippen molar-refractivity contribution in [1.82, 2.24) is 0 Å². The second-order valence-electron chi connectivity index (χ2n) is 5.18. The van der Waals surface area contributed by atoms with Gasteiger partial charge in [0.05, 0.1) is 5.69 Å². The van der Waals surface area contributed by atoms with Crippen LogP contribution < -0.4 is 0 Å². The number of benzene rings is 3. The maximum atomic E-state index is 4.52. The molecule has 3 aromatic rings. The molecule has 0 spiro atoms. The fourth-order valence-electron chi connectivity index (χ4n) is 2.26. The largest absolute Gasteiger partial charge is 0.176 e. The van der Waals surface area contributed by atoms with Crippen molar-refractivity contribution in [2.75, 3.05) is 0 Å². The van der Waals surface area contributed by atoms with Crippen LogP contribution >= 0.6 is 0 Å². The van der Waals surface area contributed by atoms with Gasteiger partial charge in [-0.1, -0.05) is 91.0 Å². The Labute approximate surface area is 136 Å². The van der Waals surface area contributed by atoms with Gasteiger partial charge in [0.15, 0.2) is 0 Å². The first kappa shape index (κ1) is 14.9. The second-order valence-corrected chi connectivity index (χ2v) is 5.18. The van der Waals surface area contributed by atoms with Gasteiger partial charge >= 0.3 is 0 Å². The van der Waals surface area contributed by atoms with E-state index in [0.29, 0.717) is 0 Å². The molecule has 0 aromatic heterocycles. The Morgan fingerprint density at radius 2 is 1.22 bits per heavy atom. The Hall–Kier alpha value is -3.00. The molecular formula is C21H18N2. The lowest BCUT2D eigenvalue weighted by Gasteiger charge is -2.07. The summed E-state index contributed by atoms with van der Waals surface area (Å²) >= 11 is 0. The zero-order valence-corrected chi connectivity index (χ0v) is 12.8. The van der Waals surface area contributed by atoms with E-state index in [-0.39, 0.29) is 6.04 Å². The number of hydrogen-bond acceptors (Lipinski definition) is 2. The molecule has 1 unspecified atom stereocenters. The average Bonchev–Trinajstić information content (AvgIpc) is 2.64. The van der Waals surface area contributed by atoms with Crippen molar-refractivity contribution in [1.29, 1.82) is 0 Å². The Kier molecular flexibility index (Phi) is 5.09. The molecule has 0 saturated heterocycles. The lowest BCUT2D eigenvalue weighted by Crippen LogP contribution is -1.90. The van der Waals surface area contributed by atoms with E-state index in [1.165, 1.54) is 0 Å². The van der Waals surface area contributed by atoms with Crippen molar-refractivity contribution in [2.24, 2.45) is 10.2 Å². The molecule has 0 aliphatic carbocycles. The molecule has 112 valence electrons. The van der Waals surface area contributed by atoms with Crippen molar-refractivity contribution < 1.29 is 0 Å². The normalized spacial score (nSPS) is 12.7. The van der Waals surface area contributed by atoms with Gasteiger partial charge in [0.2, 0.25) is 0 Å². The maximum absolute atomic E-state index is 4.52. The van der Waals surface area contributed by atoms with Crippen LogP contribution in [0.5, 0.6) is 0 Å². The molecule has 0 aliphatic heterocycles. The predicted octanol–water partition coefficient (Wildman–Crippen LogP) is 6.23. The van der Waals surface area contributed by atoms with E-state index in [0.717, 1.165) is 16.8 Å². The summed E-state index contributed by atoms with van der Waals surface area (Å²) in [6.07, 6.45) is 4.17. The third-order valence-electron chi connectivity index (χ3n) is 3.47. The Bertz CT molecular complexity index is 713. The SMILES string of the molecule is C(=CC(N=Nc1ccccc1)c1ccccc1)c1ccccc1. The Balaban J connectivity index is 1.85. The van der Waals surface area contributed by atoms with Gasteiger partial charge in [-0.25, -0.2) is 0 Å². The highest BCUT2D eigenvalue weighted by atomic mass is 15.1. The molecule has 2 heteroatoms. The van der Waals surface area contributed by atoms with Crippen molar-refractivity contribution in [3.8, 4) is 0 Å². The summed E-state index contributed by atoms with van der Waals surface area (Å²) in [4.78, 5) is 0. The molecule has 0 heterocycles. The average molecular weight is 298 g/mol. The number of hydrogen-bond donors (Lipinski definition) is 0. The Morgan fingerprint density at radius 3 is 1.87 bits per heavy atom. The minimum atomic E-state index is -0.100. The molecule has 2 nitrogen and oxygen atoms in total. The molecule has 0 N–H and O–H groups in total. The third kappa shape index (κ3) is 4.48. The standard InChI is InChI=1S/C21H18N2/c1-4-10-18(11-5-1)16-17-21(19-12-6-2-7-13-19)23-22-20-14-8-3-9-15-20/h1-17,21H. The van der Waals surface area contributed by atoms with Gasteiger partial charge in [0.1, 0.15) is 6.04 Å². The zero-order chi connectivity index (χ0) is 15.7. The summed E-state index contributed by atoms with van der Waals surface area (Å²) in [7, 11) is 0. The zero-order valence-electron chi connectivity index (χ0n) is 12.8. The summed E-state index contributed by atoms with van der Waals surface area (Å²) in [5.41, 5.74) is 3.14. The number of azo groups is 1. The highest BCUT2D eigenvalue weighted by molar-refractivity contribution is 5.50. The highest BCUT2D eigenvalue weighted by Gasteiger charge is 2.05. The third-order valence-corrected chi connectivity index (χ3v) is 3.47. The molecule has 0 amide bonds. The first-order chi connectivity index (χ1) is 11.4. The topological polar surface area (TPSA) is 24.7 Å². The first-order valence-corrected chi connectivity index (χ1v) is 7.66. The lowest BCUT2D eigenvalue weighted by molar-refractivity contribution is 0.843. The van der Waals surface area contributed by atoms with Gasteiger partial charge in [0.25, 0.3) is 0 Å². The van der Waals surface area contributed by atoms with Crippen molar-refractivity contribution in [3.05, 3.63) is 108 Å². The van der Waals surface area contributed by atoms with E-state index in [1.54, 1.807) is 0 Å². The minimum Gasteiger partial charge on any atom is -0.176 e. The van der Waals surface area contributed by atoms with E-state index in [4.69, 9.17) is 0 Å². The molecular weight excluding hydrogens is 280 g/mol. The summed E-state index contributed by atoms with van der Waals surface area (Å²) in [6, 6.07) is 30.1. The van der Waals surface area contributed by atoms with E-state index in [2.05, 4.69) is 46.6 Å². The van der Waals surface area contributed by atoms with E-state index < -0.39 is 0 Å². The van der Waals surface area contributed by atoms with Crippen LogP contribution in [0.25, 0.3) is 6.08 Å². The molecule has 23 heavy (non-hydrogen) atoms. The van der Waals surface area contributed by atoms with Crippen LogP contribution in [0.15, 0.2) is 107 Å². The van der Waals surface area contributed by atoms with Crippen LogP contribution in [0.2, 0.25) is 0 Å². The van der Waals surface area contributed by atoms with Gasteiger partial charge in [-0.3, -0.25) is 0 Å². The van der Waals surface area contributed by atoms with Gasteiger partial charge in [-0.15, -0.1) is 0 Å². The van der Waals surface area contributed by atoms with Crippen LogP contribution in [0.1, 0.15) is 17.2 Å². The van der Waals surface area contributed by atoms with E-state index in [1.807, 2.05) is 66.7 Å². The summed E-state index contributed by atoms with van der Waals surface area (Å²) in [6.45, 7) is 0. The number of nitrogens with zero attached hydrogens (tertiary/aromatic N) is 2. The molecule has 3 aromatic carbocycles. The molecule has 0 radical (unpaired) electrons. The quantitative estimate of drug-likeness (QED) is 0.499. The maximum Gasteiger partial charge on any atom is 0.115 e. The molecule has 3 rings (SSSR count). The molecule has 1 atom stereocenters. The van der Waals surface area contributed by atoms with Crippen LogP contribution in [0, 0.1) is 0 Å². The molecule has 0 saturated carbocycles. The van der Waals surface area contributed by atoms with Crippen LogP contribution in [0.4, 0.5) is 5.69 Å². The highest BCUT2D eigenvalue weighted by Crippen LogP contribution is 2.23. The number of rotatable bonds is 5. The van der Waals surface area contributed by atoms with Gasteiger partial charge < -0.3 is 0 Å². The molecule has 0 fully saturated rings. The van der Waals surface area contributed by atoms with Crippen molar-refractivity contribution >= 4 is 11.8 Å². The van der Waals surface area contributed by atoms with Gasteiger partial charge in [-0.2, -0.15) is 10.2 Å². The fraction of sp³-hybridized carbons (Fsp3) is 0.0476. The van der Waals surface area contributed by atoms with Gasteiger partial charge in [-0.05, 0) is 23.3 Å². The monoisotopic (exact) mass is 298 g/mol. The lowest BCUT2D eigenvalue weighted by atomic mass is 10.1. The fourth-order valence-corrected chi connectivity index (χ4v) is 2.26. The van der Waals surface area contributed by atoms with Crippen LogP contribution in [0.3, 0.4) is 0 Å². The molecule has 0 bridgehead atoms. The second kappa shape index (κ2) is 7.85.